The minimum atomic E-state index is 0.0282. The first-order chi connectivity index (χ1) is 9.00. The molecular weight excluding hydrogens is 258 g/mol. The zero-order chi connectivity index (χ0) is 13.6. The van der Waals surface area contributed by atoms with Gasteiger partial charge in [0.1, 0.15) is 5.01 Å². The van der Waals surface area contributed by atoms with Crippen molar-refractivity contribution in [2.24, 2.45) is 5.41 Å². The molecule has 0 fully saturated rings. The van der Waals surface area contributed by atoms with E-state index >= 15 is 0 Å². The van der Waals surface area contributed by atoms with Gasteiger partial charge in [-0.05, 0) is 24.8 Å². The van der Waals surface area contributed by atoms with Gasteiger partial charge in [0.05, 0.1) is 16.3 Å². The molecule has 1 aliphatic rings. The van der Waals surface area contributed by atoms with E-state index in [0.29, 0.717) is 6.42 Å². The van der Waals surface area contributed by atoms with E-state index in [1.54, 1.807) is 6.20 Å². The van der Waals surface area contributed by atoms with E-state index in [2.05, 4.69) is 30.9 Å². The van der Waals surface area contributed by atoms with Gasteiger partial charge in [0.25, 0.3) is 0 Å². The van der Waals surface area contributed by atoms with E-state index in [1.807, 2.05) is 10.7 Å². The average molecular weight is 275 g/mol. The number of hydrogen-bond acceptors (Lipinski definition) is 4. The number of hydrogen-bond donors (Lipinski definition) is 0. The maximum absolute atomic E-state index is 12.2. The molecule has 0 spiro atoms. The first-order valence-corrected chi connectivity index (χ1v) is 7.37. The van der Waals surface area contributed by atoms with Crippen LogP contribution in [-0.4, -0.2) is 20.5 Å². The highest BCUT2D eigenvalue weighted by Gasteiger charge is 2.34. The van der Waals surface area contributed by atoms with Crippen LogP contribution in [0, 0.1) is 5.41 Å². The third-order valence-corrected chi connectivity index (χ3v) is 4.63. The van der Waals surface area contributed by atoms with Crippen molar-refractivity contribution in [3.05, 3.63) is 22.8 Å². The summed E-state index contributed by atoms with van der Waals surface area (Å²) in [5.41, 5.74) is 2.00. The molecule has 0 amide bonds. The van der Waals surface area contributed by atoms with E-state index in [4.69, 9.17) is 0 Å². The largest absolute Gasteiger partial charge is 0.293 e. The molecule has 0 atom stereocenters. The van der Waals surface area contributed by atoms with Gasteiger partial charge in [-0.1, -0.05) is 13.8 Å². The molecule has 0 bridgehead atoms. The molecule has 4 nitrogen and oxygen atoms in total. The second-order valence-electron chi connectivity index (χ2n) is 5.77. The first kappa shape index (κ1) is 12.5. The van der Waals surface area contributed by atoms with Crippen molar-refractivity contribution in [3.63, 3.8) is 0 Å². The van der Waals surface area contributed by atoms with E-state index in [-0.39, 0.29) is 11.2 Å². The maximum Gasteiger partial charge on any atom is 0.175 e. The molecule has 100 valence electrons. The van der Waals surface area contributed by atoms with Gasteiger partial charge >= 0.3 is 0 Å². The summed E-state index contributed by atoms with van der Waals surface area (Å²) >= 11 is 1.51. The lowest BCUT2D eigenvalue weighted by atomic mass is 9.78. The summed E-state index contributed by atoms with van der Waals surface area (Å²) in [7, 11) is 0. The van der Waals surface area contributed by atoms with E-state index in [1.165, 1.54) is 11.3 Å². The standard InChI is InChI=1S/C14H17N3OS/c1-4-17-10(5-6-15-17)13-16-9-7-14(2,3)8-11(18)12(9)19-13/h5-6H,4,7-8H2,1-3H3. The van der Waals surface area contributed by atoms with Crippen molar-refractivity contribution in [2.45, 2.75) is 40.2 Å². The predicted octanol–water partition coefficient (Wildman–Crippen LogP) is 3.18. The lowest BCUT2D eigenvalue weighted by Gasteiger charge is -2.26. The quantitative estimate of drug-likeness (QED) is 0.845. The molecule has 0 saturated heterocycles. The molecule has 0 unspecified atom stereocenters. The average Bonchev–Trinajstić information content (AvgIpc) is 2.91. The second-order valence-corrected chi connectivity index (χ2v) is 6.77. The SMILES string of the molecule is CCn1nccc1-c1nc2c(s1)C(=O)CC(C)(C)C2. The zero-order valence-corrected chi connectivity index (χ0v) is 12.3. The van der Waals surface area contributed by atoms with Crippen LogP contribution in [0.3, 0.4) is 0 Å². The highest BCUT2D eigenvalue weighted by Crippen LogP contribution is 2.39. The Morgan fingerprint density at radius 2 is 2.21 bits per heavy atom. The highest BCUT2D eigenvalue weighted by molar-refractivity contribution is 7.17. The number of Topliss-reactive ketones (excluding diaryl/α,β-unsaturated/α-hetero) is 1. The van der Waals surface area contributed by atoms with Crippen molar-refractivity contribution in [1.82, 2.24) is 14.8 Å². The van der Waals surface area contributed by atoms with Crippen molar-refractivity contribution in [2.75, 3.05) is 0 Å². The highest BCUT2D eigenvalue weighted by atomic mass is 32.1. The molecule has 0 aromatic carbocycles. The van der Waals surface area contributed by atoms with Crippen LogP contribution in [0.5, 0.6) is 0 Å². The number of carbonyl (C=O) groups is 1. The van der Waals surface area contributed by atoms with Crippen LogP contribution in [0.1, 0.15) is 42.6 Å². The van der Waals surface area contributed by atoms with Crippen LogP contribution >= 0.6 is 11.3 Å². The Hall–Kier alpha value is -1.49. The van der Waals surface area contributed by atoms with Crippen molar-refractivity contribution in [1.29, 1.82) is 0 Å². The molecular formula is C14H17N3OS. The number of rotatable bonds is 2. The number of carbonyl (C=O) groups excluding carboxylic acids is 1. The van der Waals surface area contributed by atoms with Crippen LogP contribution in [-0.2, 0) is 13.0 Å². The molecule has 2 aromatic heterocycles. The minimum Gasteiger partial charge on any atom is -0.293 e. The Bertz CT molecular complexity index is 639. The number of aryl methyl sites for hydroxylation is 1. The molecule has 1 aliphatic carbocycles. The topological polar surface area (TPSA) is 47.8 Å². The van der Waals surface area contributed by atoms with Gasteiger partial charge in [0.2, 0.25) is 0 Å². The Balaban J connectivity index is 2.06. The number of thiazole rings is 1. The Morgan fingerprint density at radius 3 is 2.95 bits per heavy atom. The lowest BCUT2D eigenvalue weighted by molar-refractivity contribution is 0.0916. The third-order valence-electron chi connectivity index (χ3n) is 3.47. The van der Waals surface area contributed by atoms with Crippen LogP contribution in [0.25, 0.3) is 10.7 Å². The van der Waals surface area contributed by atoms with E-state index in [0.717, 1.165) is 34.2 Å². The van der Waals surface area contributed by atoms with Gasteiger partial charge in [-0.25, -0.2) is 4.98 Å². The lowest BCUT2D eigenvalue weighted by Crippen LogP contribution is -2.25. The molecule has 2 heterocycles. The molecule has 2 aromatic rings. The van der Waals surface area contributed by atoms with Gasteiger partial charge in [-0.15, -0.1) is 11.3 Å². The second kappa shape index (κ2) is 4.27. The summed E-state index contributed by atoms with van der Waals surface area (Å²) in [5, 5.41) is 5.18. The summed E-state index contributed by atoms with van der Waals surface area (Å²) in [6.07, 6.45) is 3.28. The van der Waals surface area contributed by atoms with Crippen LogP contribution < -0.4 is 0 Å². The zero-order valence-electron chi connectivity index (χ0n) is 11.4. The summed E-state index contributed by atoms with van der Waals surface area (Å²) in [5.74, 6) is 0.234. The molecule has 5 heteroatoms. The molecule has 0 aliphatic heterocycles. The van der Waals surface area contributed by atoms with Gasteiger partial charge in [0, 0.05) is 19.2 Å². The summed E-state index contributed by atoms with van der Waals surface area (Å²) in [6.45, 7) is 7.12. The van der Waals surface area contributed by atoms with Crippen LogP contribution in [0.2, 0.25) is 0 Å². The summed E-state index contributed by atoms with van der Waals surface area (Å²) < 4.78 is 1.92. The fourth-order valence-electron chi connectivity index (χ4n) is 2.60. The summed E-state index contributed by atoms with van der Waals surface area (Å²) in [4.78, 5) is 17.7. The number of aromatic nitrogens is 3. The molecule has 19 heavy (non-hydrogen) atoms. The number of ketones is 1. The molecule has 0 radical (unpaired) electrons. The maximum atomic E-state index is 12.2. The molecule has 3 rings (SSSR count). The van der Waals surface area contributed by atoms with Crippen LogP contribution in [0.15, 0.2) is 12.3 Å². The van der Waals surface area contributed by atoms with Crippen molar-refractivity contribution >= 4 is 17.1 Å². The minimum absolute atomic E-state index is 0.0282. The fraction of sp³-hybridized carbons (Fsp3) is 0.500. The predicted molar refractivity (Wildman–Crippen MR) is 75.4 cm³/mol. The molecule has 0 N–H and O–H groups in total. The third kappa shape index (κ3) is 2.12. The van der Waals surface area contributed by atoms with Gasteiger partial charge in [-0.3, -0.25) is 9.48 Å². The van der Waals surface area contributed by atoms with Gasteiger partial charge < -0.3 is 0 Å². The first-order valence-electron chi connectivity index (χ1n) is 6.55. The van der Waals surface area contributed by atoms with Gasteiger partial charge in [-0.2, -0.15) is 5.10 Å². The van der Waals surface area contributed by atoms with Crippen molar-refractivity contribution in [3.8, 4) is 10.7 Å². The van der Waals surface area contributed by atoms with E-state index < -0.39 is 0 Å². The Labute approximate surface area is 116 Å². The summed E-state index contributed by atoms with van der Waals surface area (Å²) in [6, 6.07) is 1.96. The fourth-order valence-corrected chi connectivity index (χ4v) is 3.64. The Morgan fingerprint density at radius 1 is 1.42 bits per heavy atom. The van der Waals surface area contributed by atoms with E-state index in [9.17, 15) is 4.79 Å². The van der Waals surface area contributed by atoms with Crippen LogP contribution in [0.4, 0.5) is 0 Å². The normalized spacial score (nSPS) is 17.5. The smallest absolute Gasteiger partial charge is 0.175 e. The Kier molecular flexibility index (Phi) is 2.82. The van der Waals surface area contributed by atoms with Gasteiger partial charge in [0.15, 0.2) is 5.78 Å². The molecule has 0 saturated carbocycles. The number of fused-ring (bicyclic) bond motifs is 1. The van der Waals surface area contributed by atoms with Crippen molar-refractivity contribution < 1.29 is 4.79 Å². The monoisotopic (exact) mass is 275 g/mol. The number of nitrogens with zero attached hydrogens (tertiary/aromatic N) is 3.